The van der Waals surface area contributed by atoms with Crippen LogP contribution in [0, 0.1) is 11.3 Å². The first-order valence-electron chi connectivity index (χ1n) is 15.9. The lowest BCUT2D eigenvalue weighted by atomic mass is 9.98. The summed E-state index contributed by atoms with van der Waals surface area (Å²) in [5.41, 5.74) is 4.78. The van der Waals surface area contributed by atoms with Crippen molar-refractivity contribution in [3.05, 3.63) is 70.9 Å². The molecule has 44 heavy (non-hydrogen) atoms. The largest absolute Gasteiger partial charge is 0.381 e. The minimum Gasteiger partial charge on any atom is -0.381 e. The van der Waals surface area contributed by atoms with Gasteiger partial charge in [0.15, 0.2) is 0 Å². The zero-order chi connectivity index (χ0) is 30.7. The van der Waals surface area contributed by atoms with E-state index in [1.807, 2.05) is 35.1 Å². The van der Waals surface area contributed by atoms with Gasteiger partial charge in [-0.1, -0.05) is 48.6 Å². The summed E-state index contributed by atoms with van der Waals surface area (Å²) < 4.78 is 2.03. The van der Waals surface area contributed by atoms with E-state index in [1.54, 1.807) is 12.4 Å². The Balaban J connectivity index is 1.32. The normalized spacial score (nSPS) is 18.1. The molecule has 0 unspecified atom stereocenters. The molecule has 4 heterocycles. The Hall–Kier alpha value is -3.74. The highest BCUT2D eigenvalue weighted by Crippen LogP contribution is 2.37. The zero-order valence-corrected chi connectivity index (χ0v) is 26.7. The van der Waals surface area contributed by atoms with Gasteiger partial charge in [0.25, 0.3) is 0 Å². The third-order valence-corrected chi connectivity index (χ3v) is 9.48. The van der Waals surface area contributed by atoms with Crippen LogP contribution >= 0.6 is 11.6 Å². The van der Waals surface area contributed by atoms with Crippen LogP contribution in [0.5, 0.6) is 0 Å². The van der Waals surface area contributed by atoms with Crippen LogP contribution in [0.2, 0.25) is 5.02 Å². The summed E-state index contributed by atoms with van der Waals surface area (Å²) in [5.74, 6) is 0. The highest BCUT2D eigenvalue weighted by molar-refractivity contribution is 6.35. The van der Waals surface area contributed by atoms with Crippen molar-refractivity contribution in [2.45, 2.75) is 95.8 Å². The Kier molecular flexibility index (Phi) is 9.01. The van der Waals surface area contributed by atoms with Gasteiger partial charge in [0.1, 0.15) is 11.8 Å². The summed E-state index contributed by atoms with van der Waals surface area (Å²) in [7, 11) is 0. The lowest BCUT2D eigenvalue weighted by Gasteiger charge is -2.40. The molecular weight excluding hydrogens is 570 g/mol. The fraction of sp³-hybridized carbons (Fsp3) is 0.500. The summed E-state index contributed by atoms with van der Waals surface area (Å²) in [6.07, 6.45) is 16.5. The Bertz CT molecular complexity index is 1610. The van der Waals surface area contributed by atoms with E-state index >= 15 is 0 Å². The quantitative estimate of drug-likeness (QED) is 0.207. The number of hydrogen-bond acceptors (Lipinski definition) is 8. The molecule has 0 radical (unpaired) electrons. The fourth-order valence-electron chi connectivity index (χ4n) is 6.65. The van der Waals surface area contributed by atoms with Crippen molar-refractivity contribution in [2.75, 3.05) is 23.7 Å². The molecule has 1 aromatic carbocycles. The number of aromatic nitrogens is 5. The number of likely N-dealkylation sites (tertiary alicyclic amines) is 1. The van der Waals surface area contributed by atoms with Gasteiger partial charge in [0.2, 0.25) is 0 Å². The smallest absolute Gasteiger partial charge is 0.110 e. The molecule has 0 bridgehead atoms. The van der Waals surface area contributed by atoms with Gasteiger partial charge in [-0.3, -0.25) is 14.9 Å². The second-order valence-corrected chi connectivity index (χ2v) is 13.6. The second kappa shape index (κ2) is 13.1. The zero-order valence-electron chi connectivity index (χ0n) is 25.9. The number of fused-ring (bicyclic) bond motifs is 1. The lowest BCUT2D eigenvalue weighted by molar-refractivity contribution is 0.0866. The molecule has 3 aromatic heterocycles. The Morgan fingerprint density at radius 3 is 2.50 bits per heavy atom. The highest BCUT2D eigenvalue weighted by atomic mass is 35.5. The van der Waals surface area contributed by atoms with E-state index in [2.05, 4.69) is 68.9 Å². The molecule has 230 valence electrons. The standard InChI is InChI=1S/C34H42ClN9/c1-34(2,3)43-15-12-27(13-16-43)44-22-30(41-42-44)32(23-9-8-14-37-20-23)40-26-17-28-31(39-25-10-6-4-5-7-11-25)24(19-36)21-38-33(28)29(35)18-26/h8-9,14,17-18,20-22,25,27,32,40H,4-7,10-13,15-16H2,1-3H3,(H,38,39)/t32-/m0/s1. The van der Waals surface area contributed by atoms with E-state index < -0.39 is 0 Å². The Morgan fingerprint density at radius 1 is 1.05 bits per heavy atom. The second-order valence-electron chi connectivity index (χ2n) is 13.2. The number of anilines is 2. The number of rotatable bonds is 7. The number of nitrogens with one attached hydrogen (secondary N) is 2. The maximum absolute atomic E-state index is 10.0. The molecule has 0 amide bonds. The Labute approximate surface area is 265 Å². The number of benzene rings is 1. The van der Waals surface area contributed by atoms with Crippen LogP contribution in [-0.2, 0) is 0 Å². The van der Waals surface area contributed by atoms with Crippen molar-refractivity contribution in [2.24, 2.45) is 0 Å². The van der Waals surface area contributed by atoms with E-state index in [1.165, 1.54) is 25.7 Å². The molecule has 1 atom stereocenters. The summed E-state index contributed by atoms with van der Waals surface area (Å²) in [4.78, 5) is 11.5. The number of halogens is 1. The van der Waals surface area contributed by atoms with Crippen molar-refractivity contribution in [3.8, 4) is 6.07 Å². The first-order valence-corrected chi connectivity index (χ1v) is 16.3. The van der Waals surface area contributed by atoms with E-state index in [0.29, 0.717) is 28.2 Å². The van der Waals surface area contributed by atoms with Gasteiger partial charge in [-0.25, -0.2) is 4.68 Å². The predicted octanol–water partition coefficient (Wildman–Crippen LogP) is 7.52. The molecule has 1 saturated heterocycles. The minimum atomic E-state index is -0.300. The molecule has 1 aliphatic heterocycles. The van der Waals surface area contributed by atoms with Gasteiger partial charge >= 0.3 is 0 Å². The summed E-state index contributed by atoms with van der Waals surface area (Å²) in [5, 5.41) is 28.0. The number of nitriles is 1. The molecule has 2 aliphatic rings. The van der Waals surface area contributed by atoms with Gasteiger partial charge < -0.3 is 10.6 Å². The van der Waals surface area contributed by atoms with E-state index in [9.17, 15) is 5.26 Å². The maximum atomic E-state index is 10.0. The molecule has 0 spiro atoms. The molecular formula is C34H42ClN9. The number of hydrogen-bond donors (Lipinski definition) is 2. The van der Waals surface area contributed by atoms with E-state index in [0.717, 1.165) is 66.8 Å². The first kappa shape index (κ1) is 30.3. The van der Waals surface area contributed by atoms with Crippen LogP contribution in [0.3, 0.4) is 0 Å². The maximum Gasteiger partial charge on any atom is 0.110 e. The van der Waals surface area contributed by atoms with Crippen LogP contribution in [0.1, 0.15) is 101 Å². The van der Waals surface area contributed by atoms with Gasteiger partial charge in [-0.15, -0.1) is 5.10 Å². The van der Waals surface area contributed by atoms with Crippen molar-refractivity contribution >= 4 is 33.9 Å². The molecule has 1 aliphatic carbocycles. The van der Waals surface area contributed by atoms with Crippen molar-refractivity contribution in [1.82, 2.24) is 29.9 Å². The minimum absolute atomic E-state index is 0.170. The van der Waals surface area contributed by atoms with E-state index in [-0.39, 0.29) is 11.6 Å². The monoisotopic (exact) mass is 611 g/mol. The molecule has 2 N–H and O–H groups in total. The van der Waals surface area contributed by atoms with E-state index in [4.69, 9.17) is 11.6 Å². The van der Waals surface area contributed by atoms with Crippen LogP contribution in [0.15, 0.2) is 49.1 Å². The van der Waals surface area contributed by atoms with Gasteiger partial charge in [0.05, 0.1) is 40.1 Å². The molecule has 10 heteroatoms. The predicted molar refractivity (Wildman–Crippen MR) is 176 cm³/mol. The molecule has 4 aromatic rings. The SMILES string of the molecule is CC(C)(C)N1CCC(n2cc([C@@H](Nc3cc(Cl)c4ncc(C#N)c(NC5CCCCCC5)c4c3)c3cccnc3)nn2)CC1. The third-order valence-electron chi connectivity index (χ3n) is 9.19. The van der Waals surface area contributed by atoms with Crippen LogP contribution in [-0.4, -0.2) is 54.5 Å². The molecule has 9 nitrogen and oxygen atoms in total. The van der Waals surface area contributed by atoms with Gasteiger partial charge in [0, 0.05) is 54.3 Å². The van der Waals surface area contributed by atoms with Crippen molar-refractivity contribution in [1.29, 1.82) is 5.26 Å². The molecule has 6 rings (SSSR count). The number of piperidine rings is 1. The third kappa shape index (κ3) is 6.67. The average molecular weight is 612 g/mol. The van der Waals surface area contributed by atoms with Crippen molar-refractivity contribution in [3.63, 3.8) is 0 Å². The Morgan fingerprint density at radius 2 is 1.82 bits per heavy atom. The molecule has 1 saturated carbocycles. The average Bonchev–Trinajstić information content (AvgIpc) is 3.37. The summed E-state index contributed by atoms with van der Waals surface area (Å²) in [6.45, 7) is 8.91. The van der Waals surface area contributed by atoms with Crippen LogP contribution in [0.25, 0.3) is 10.9 Å². The highest BCUT2D eigenvalue weighted by Gasteiger charge is 2.29. The topological polar surface area (TPSA) is 108 Å². The number of pyridine rings is 2. The van der Waals surface area contributed by atoms with Crippen molar-refractivity contribution < 1.29 is 0 Å². The summed E-state index contributed by atoms with van der Waals surface area (Å²) in [6, 6.07) is 10.6. The molecule has 2 fully saturated rings. The van der Waals surface area contributed by atoms with Crippen LogP contribution < -0.4 is 10.6 Å². The van der Waals surface area contributed by atoms with Gasteiger partial charge in [-0.2, -0.15) is 5.26 Å². The summed E-state index contributed by atoms with van der Waals surface area (Å²) >= 11 is 6.86. The van der Waals surface area contributed by atoms with Crippen LogP contribution in [0.4, 0.5) is 11.4 Å². The number of nitrogens with zero attached hydrogens (tertiary/aromatic N) is 7. The van der Waals surface area contributed by atoms with Gasteiger partial charge in [-0.05, 0) is 70.2 Å². The fourth-order valence-corrected chi connectivity index (χ4v) is 6.92. The first-order chi connectivity index (χ1) is 21.3. The lowest BCUT2D eigenvalue weighted by Crippen LogP contribution is -2.46.